The van der Waals surface area contributed by atoms with Crippen LogP contribution in [-0.2, 0) is 0 Å². The molecule has 0 aliphatic rings. The zero-order chi connectivity index (χ0) is 17.1. The van der Waals surface area contributed by atoms with Crippen molar-refractivity contribution in [3.63, 3.8) is 0 Å². The Labute approximate surface area is 138 Å². The Balaban J connectivity index is 2.00. The Kier molecular flexibility index (Phi) is 4.16. The highest BCUT2D eigenvalue weighted by molar-refractivity contribution is 6.05. The molecule has 0 amide bonds. The Bertz CT molecular complexity index is 925. The van der Waals surface area contributed by atoms with Crippen molar-refractivity contribution in [1.82, 2.24) is 0 Å². The molecular weight excluding hydrogens is 308 g/mol. The summed E-state index contributed by atoms with van der Waals surface area (Å²) in [5.41, 5.74) is 0.410. The first kappa shape index (κ1) is 15.6. The van der Waals surface area contributed by atoms with E-state index in [0.717, 1.165) is 10.8 Å². The molecule has 120 valence electrons. The van der Waals surface area contributed by atoms with Crippen molar-refractivity contribution >= 4 is 22.7 Å². The molecule has 0 saturated heterocycles. The van der Waals surface area contributed by atoms with Crippen LogP contribution in [0.4, 0.5) is 0 Å². The van der Waals surface area contributed by atoms with E-state index in [0.29, 0.717) is 5.56 Å². The first-order valence-electron chi connectivity index (χ1n) is 7.21. The Hall–Kier alpha value is -3.34. The molecule has 3 rings (SSSR count). The maximum absolute atomic E-state index is 12.6. The SMILES string of the molecule is COc1ccc(C(=O)O)cc1OC(=O)c1cccc2ccccc12. The topological polar surface area (TPSA) is 72.8 Å². The van der Waals surface area contributed by atoms with Crippen LogP contribution in [0.3, 0.4) is 0 Å². The van der Waals surface area contributed by atoms with Gasteiger partial charge in [0, 0.05) is 0 Å². The van der Waals surface area contributed by atoms with Gasteiger partial charge in [-0.3, -0.25) is 0 Å². The Morgan fingerprint density at radius 3 is 2.42 bits per heavy atom. The first-order valence-corrected chi connectivity index (χ1v) is 7.21. The van der Waals surface area contributed by atoms with Crippen LogP contribution in [0, 0.1) is 0 Å². The maximum Gasteiger partial charge on any atom is 0.344 e. The molecular formula is C19H14O5. The predicted molar refractivity (Wildman–Crippen MR) is 88.9 cm³/mol. The number of methoxy groups -OCH3 is 1. The van der Waals surface area contributed by atoms with Crippen LogP contribution in [-0.4, -0.2) is 24.2 Å². The fourth-order valence-electron chi connectivity index (χ4n) is 2.45. The summed E-state index contributed by atoms with van der Waals surface area (Å²) in [6.07, 6.45) is 0. The van der Waals surface area contributed by atoms with Gasteiger partial charge >= 0.3 is 11.9 Å². The summed E-state index contributed by atoms with van der Waals surface area (Å²) in [4.78, 5) is 23.7. The molecule has 0 fully saturated rings. The highest BCUT2D eigenvalue weighted by Gasteiger charge is 2.16. The van der Waals surface area contributed by atoms with Gasteiger partial charge in [0.15, 0.2) is 11.5 Å². The number of carboxylic acid groups (broad SMARTS) is 1. The van der Waals surface area contributed by atoms with Crippen LogP contribution in [0.2, 0.25) is 0 Å². The molecule has 0 aliphatic heterocycles. The van der Waals surface area contributed by atoms with Crippen molar-refractivity contribution < 1.29 is 24.2 Å². The van der Waals surface area contributed by atoms with Crippen LogP contribution in [0.25, 0.3) is 10.8 Å². The molecule has 0 unspecified atom stereocenters. The lowest BCUT2D eigenvalue weighted by molar-refractivity contribution is 0.0686. The molecule has 5 heteroatoms. The third-order valence-electron chi connectivity index (χ3n) is 3.62. The second kappa shape index (κ2) is 6.42. The minimum atomic E-state index is -1.11. The van der Waals surface area contributed by atoms with Crippen LogP contribution in [0.15, 0.2) is 60.7 Å². The lowest BCUT2D eigenvalue weighted by Crippen LogP contribution is -2.10. The van der Waals surface area contributed by atoms with Crippen LogP contribution < -0.4 is 9.47 Å². The minimum absolute atomic E-state index is 0.0107. The molecule has 0 saturated carbocycles. The lowest BCUT2D eigenvalue weighted by Gasteiger charge is -2.11. The molecule has 5 nitrogen and oxygen atoms in total. The Morgan fingerprint density at radius 1 is 0.917 bits per heavy atom. The van der Waals surface area contributed by atoms with E-state index in [4.69, 9.17) is 14.6 Å². The van der Waals surface area contributed by atoms with Gasteiger partial charge in [0.2, 0.25) is 0 Å². The number of hydrogen-bond acceptors (Lipinski definition) is 4. The van der Waals surface area contributed by atoms with Gasteiger partial charge in [-0.1, -0.05) is 36.4 Å². The van der Waals surface area contributed by atoms with Gasteiger partial charge in [0.25, 0.3) is 0 Å². The summed E-state index contributed by atoms with van der Waals surface area (Å²) in [6.45, 7) is 0. The smallest absolute Gasteiger partial charge is 0.344 e. The normalized spacial score (nSPS) is 10.4. The second-order valence-corrected chi connectivity index (χ2v) is 5.09. The summed E-state index contributed by atoms with van der Waals surface area (Å²) in [5, 5.41) is 10.8. The molecule has 0 radical (unpaired) electrons. The molecule has 0 spiro atoms. The summed E-state index contributed by atoms with van der Waals surface area (Å²) in [7, 11) is 1.42. The monoisotopic (exact) mass is 322 g/mol. The fraction of sp³-hybridized carbons (Fsp3) is 0.0526. The standard InChI is InChI=1S/C19H14O5/c1-23-16-10-9-13(18(20)21)11-17(16)24-19(22)15-8-4-6-12-5-2-3-7-14(12)15/h2-11H,1H3,(H,20,21). The highest BCUT2D eigenvalue weighted by Crippen LogP contribution is 2.29. The molecule has 0 heterocycles. The molecule has 0 bridgehead atoms. The van der Waals surface area contributed by atoms with Gasteiger partial charge in [-0.15, -0.1) is 0 Å². The van der Waals surface area contributed by atoms with Crippen LogP contribution in [0.1, 0.15) is 20.7 Å². The fourth-order valence-corrected chi connectivity index (χ4v) is 2.45. The van der Waals surface area contributed by atoms with E-state index in [-0.39, 0.29) is 17.1 Å². The molecule has 0 aromatic heterocycles. The van der Waals surface area contributed by atoms with E-state index in [1.807, 2.05) is 30.3 Å². The predicted octanol–water partition coefficient (Wildman–Crippen LogP) is 3.77. The van der Waals surface area contributed by atoms with Gasteiger partial charge in [-0.2, -0.15) is 0 Å². The highest BCUT2D eigenvalue weighted by atomic mass is 16.6. The number of esters is 1. The maximum atomic E-state index is 12.6. The third kappa shape index (κ3) is 2.92. The van der Waals surface area contributed by atoms with Crippen molar-refractivity contribution in [2.75, 3.05) is 7.11 Å². The second-order valence-electron chi connectivity index (χ2n) is 5.09. The third-order valence-corrected chi connectivity index (χ3v) is 3.62. The van der Waals surface area contributed by atoms with Crippen LogP contribution in [0.5, 0.6) is 11.5 Å². The van der Waals surface area contributed by atoms with E-state index in [2.05, 4.69) is 0 Å². The Morgan fingerprint density at radius 2 is 1.67 bits per heavy atom. The van der Waals surface area contributed by atoms with Crippen molar-refractivity contribution in [2.45, 2.75) is 0 Å². The number of ether oxygens (including phenoxy) is 2. The van der Waals surface area contributed by atoms with Gasteiger partial charge in [-0.05, 0) is 35.0 Å². The van der Waals surface area contributed by atoms with E-state index in [1.165, 1.54) is 25.3 Å². The van der Waals surface area contributed by atoms with Gasteiger partial charge in [0.05, 0.1) is 18.2 Å². The van der Waals surface area contributed by atoms with Crippen molar-refractivity contribution in [1.29, 1.82) is 0 Å². The van der Waals surface area contributed by atoms with Gasteiger partial charge in [0.1, 0.15) is 0 Å². The van der Waals surface area contributed by atoms with Crippen LogP contribution >= 0.6 is 0 Å². The van der Waals surface area contributed by atoms with Crippen molar-refractivity contribution in [2.24, 2.45) is 0 Å². The molecule has 1 N–H and O–H groups in total. The number of carboxylic acids is 1. The molecule has 3 aromatic rings. The first-order chi connectivity index (χ1) is 11.6. The van der Waals surface area contributed by atoms with Crippen molar-refractivity contribution in [3.8, 4) is 11.5 Å². The average Bonchev–Trinajstić information content (AvgIpc) is 2.61. The zero-order valence-electron chi connectivity index (χ0n) is 12.9. The van der Waals surface area contributed by atoms with Gasteiger partial charge in [-0.25, -0.2) is 9.59 Å². The molecule has 24 heavy (non-hydrogen) atoms. The lowest BCUT2D eigenvalue weighted by atomic mass is 10.0. The number of fused-ring (bicyclic) bond motifs is 1. The number of carbonyl (C=O) groups is 2. The van der Waals surface area contributed by atoms with E-state index >= 15 is 0 Å². The summed E-state index contributed by atoms with van der Waals surface area (Å²) in [5.74, 6) is -1.34. The zero-order valence-corrected chi connectivity index (χ0v) is 12.9. The number of aromatic carboxylic acids is 1. The number of carbonyl (C=O) groups excluding carboxylic acids is 1. The summed E-state index contributed by atoms with van der Waals surface area (Å²) < 4.78 is 10.5. The van der Waals surface area contributed by atoms with Crippen molar-refractivity contribution in [3.05, 3.63) is 71.8 Å². The molecule has 0 aliphatic carbocycles. The number of rotatable bonds is 4. The summed E-state index contributed by atoms with van der Waals surface area (Å²) >= 11 is 0. The summed E-state index contributed by atoms with van der Waals surface area (Å²) in [6, 6.07) is 16.9. The minimum Gasteiger partial charge on any atom is -0.493 e. The van der Waals surface area contributed by atoms with E-state index in [1.54, 1.807) is 12.1 Å². The molecule has 3 aromatic carbocycles. The number of benzene rings is 3. The largest absolute Gasteiger partial charge is 0.493 e. The van der Waals surface area contributed by atoms with Gasteiger partial charge < -0.3 is 14.6 Å². The quantitative estimate of drug-likeness (QED) is 0.585. The molecule has 0 atom stereocenters. The average molecular weight is 322 g/mol. The van der Waals surface area contributed by atoms with E-state index in [9.17, 15) is 9.59 Å². The number of hydrogen-bond donors (Lipinski definition) is 1. The van der Waals surface area contributed by atoms with E-state index < -0.39 is 11.9 Å².